The Bertz CT molecular complexity index is 595. The second-order valence-corrected chi connectivity index (χ2v) is 4.87. The molecule has 0 atom stereocenters. The van der Waals surface area contributed by atoms with Gasteiger partial charge in [-0.05, 0) is 41.8 Å². The van der Waals surface area contributed by atoms with E-state index in [1.165, 1.54) is 11.3 Å². The van der Waals surface area contributed by atoms with E-state index >= 15 is 0 Å². The van der Waals surface area contributed by atoms with Crippen molar-refractivity contribution < 1.29 is 4.74 Å². The van der Waals surface area contributed by atoms with Crippen LogP contribution in [-0.4, -0.2) is 13.7 Å². The zero-order valence-corrected chi connectivity index (χ0v) is 11.1. The summed E-state index contributed by atoms with van der Waals surface area (Å²) in [6, 6.07) is 14.4. The van der Waals surface area contributed by atoms with Gasteiger partial charge in [0.1, 0.15) is 5.75 Å². The van der Waals surface area contributed by atoms with Crippen LogP contribution in [0.4, 0.5) is 11.4 Å². The zero-order chi connectivity index (χ0) is 13.2. The van der Waals surface area contributed by atoms with Crippen molar-refractivity contribution in [2.75, 3.05) is 24.3 Å². The molecule has 2 N–H and O–H groups in total. The summed E-state index contributed by atoms with van der Waals surface area (Å²) >= 11 is 0. The molecule has 1 aliphatic heterocycles. The molecule has 3 nitrogen and oxygen atoms in total. The van der Waals surface area contributed by atoms with Crippen LogP contribution in [0.3, 0.4) is 0 Å². The van der Waals surface area contributed by atoms with Crippen LogP contribution in [0.15, 0.2) is 42.5 Å². The van der Waals surface area contributed by atoms with Gasteiger partial charge in [0.05, 0.1) is 7.11 Å². The second-order valence-electron chi connectivity index (χ2n) is 4.87. The quantitative estimate of drug-likeness (QED) is 0.856. The third-order valence-corrected chi connectivity index (χ3v) is 3.69. The van der Waals surface area contributed by atoms with Crippen LogP contribution in [-0.2, 0) is 13.0 Å². The highest BCUT2D eigenvalue weighted by Gasteiger charge is 2.19. The first-order valence-corrected chi connectivity index (χ1v) is 6.53. The van der Waals surface area contributed by atoms with E-state index in [1.54, 1.807) is 7.11 Å². The van der Waals surface area contributed by atoms with Crippen LogP contribution in [0.1, 0.15) is 11.1 Å². The Morgan fingerprint density at radius 3 is 2.89 bits per heavy atom. The number of ether oxygens (including phenoxy) is 1. The maximum Gasteiger partial charge on any atom is 0.119 e. The maximum atomic E-state index is 6.06. The van der Waals surface area contributed by atoms with Gasteiger partial charge in [-0.1, -0.05) is 18.2 Å². The first kappa shape index (κ1) is 11.9. The summed E-state index contributed by atoms with van der Waals surface area (Å²) in [5.41, 5.74) is 10.7. The molecule has 98 valence electrons. The molecule has 0 fully saturated rings. The van der Waals surface area contributed by atoms with Crippen molar-refractivity contribution in [2.45, 2.75) is 13.0 Å². The first-order chi connectivity index (χ1) is 9.28. The van der Waals surface area contributed by atoms with E-state index in [1.807, 2.05) is 18.2 Å². The van der Waals surface area contributed by atoms with Gasteiger partial charge in [0.25, 0.3) is 0 Å². The molecule has 3 rings (SSSR count). The van der Waals surface area contributed by atoms with Crippen molar-refractivity contribution in [1.29, 1.82) is 0 Å². The number of nitrogen functional groups attached to an aromatic ring is 1. The Hall–Kier alpha value is -2.16. The largest absolute Gasteiger partial charge is 0.497 e. The van der Waals surface area contributed by atoms with Crippen LogP contribution < -0.4 is 15.4 Å². The van der Waals surface area contributed by atoms with Crippen molar-refractivity contribution in [3.8, 4) is 5.75 Å². The molecular weight excluding hydrogens is 236 g/mol. The van der Waals surface area contributed by atoms with Crippen LogP contribution in [0.25, 0.3) is 0 Å². The molecule has 1 aliphatic rings. The fraction of sp³-hybridized carbons (Fsp3) is 0.250. The summed E-state index contributed by atoms with van der Waals surface area (Å²) in [7, 11) is 1.68. The lowest BCUT2D eigenvalue weighted by atomic mass is 10.1. The Morgan fingerprint density at radius 2 is 2.05 bits per heavy atom. The molecule has 0 unspecified atom stereocenters. The SMILES string of the molecule is COc1ccc(N)c(CN2CCc3ccccc32)c1. The molecular formula is C16H18N2O. The average molecular weight is 254 g/mol. The molecule has 0 spiro atoms. The molecule has 2 aromatic rings. The lowest BCUT2D eigenvalue weighted by Crippen LogP contribution is -2.20. The average Bonchev–Trinajstić information content (AvgIpc) is 2.85. The van der Waals surface area contributed by atoms with Crippen molar-refractivity contribution in [3.05, 3.63) is 53.6 Å². The highest BCUT2D eigenvalue weighted by molar-refractivity contribution is 5.60. The molecule has 0 aromatic heterocycles. The summed E-state index contributed by atoms with van der Waals surface area (Å²) in [6.45, 7) is 1.88. The number of rotatable bonds is 3. The van der Waals surface area contributed by atoms with Crippen molar-refractivity contribution in [2.24, 2.45) is 0 Å². The van der Waals surface area contributed by atoms with Gasteiger partial charge in [-0.15, -0.1) is 0 Å². The monoisotopic (exact) mass is 254 g/mol. The van der Waals surface area contributed by atoms with Gasteiger partial charge in [-0.2, -0.15) is 0 Å². The van der Waals surface area contributed by atoms with E-state index in [2.05, 4.69) is 29.2 Å². The second kappa shape index (κ2) is 4.84. The Labute approximate surface area is 113 Å². The number of methoxy groups -OCH3 is 1. The minimum Gasteiger partial charge on any atom is -0.497 e. The number of fused-ring (bicyclic) bond motifs is 1. The van der Waals surface area contributed by atoms with Crippen LogP contribution in [0.5, 0.6) is 5.75 Å². The lowest BCUT2D eigenvalue weighted by molar-refractivity contribution is 0.414. The third-order valence-electron chi connectivity index (χ3n) is 3.69. The predicted octanol–water partition coefficient (Wildman–Crippen LogP) is 2.84. The van der Waals surface area contributed by atoms with Crippen LogP contribution >= 0.6 is 0 Å². The minimum atomic E-state index is 0.824. The van der Waals surface area contributed by atoms with E-state index in [9.17, 15) is 0 Å². The number of nitrogens with zero attached hydrogens (tertiary/aromatic N) is 1. The molecule has 2 aromatic carbocycles. The van der Waals surface area contributed by atoms with Gasteiger partial charge >= 0.3 is 0 Å². The van der Waals surface area contributed by atoms with Gasteiger partial charge in [0.2, 0.25) is 0 Å². The highest BCUT2D eigenvalue weighted by atomic mass is 16.5. The first-order valence-electron chi connectivity index (χ1n) is 6.53. The lowest BCUT2D eigenvalue weighted by Gasteiger charge is -2.20. The molecule has 3 heteroatoms. The van der Waals surface area contributed by atoms with Gasteiger partial charge < -0.3 is 15.4 Å². The van der Waals surface area contributed by atoms with Gasteiger partial charge in [0, 0.05) is 24.5 Å². The van der Waals surface area contributed by atoms with Crippen molar-refractivity contribution >= 4 is 11.4 Å². The van der Waals surface area contributed by atoms with E-state index in [0.29, 0.717) is 0 Å². The predicted molar refractivity (Wildman–Crippen MR) is 78.6 cm³/mol. The van der Waals surface area contributed by atoms with E-state index in [4.69, 9.17) is 10.5 Å². The molecule has 0 saturated carbocycles. The van der Waals surface area contributed by atoms with E-state index in [0.717, 1.165) is 36.5 Å². The van der Waals surface area contributed by atoms with Gasteiger partial charge in [0.15, 0.2) is 0 Å². The molecule has 19 heavy (non-hydrogen) atoms. The fourth-order valence-corrected chi connectivity index (χ4v) is 2.62. The number of nitrogens with two attached hydrogens (primary N) is 1. The summed E-state index contributed by atoms with van der Waals surface area (Å²) < 4.78 is 5.27. The molecule has 0 aliphatic carbocycles. The van der Waals surface area contributed by atoms with Crippen molar-refractivity contribution in [1.82, 2.24) is 0 Å². The Balaban J connectivity index is 1.87. The Morgan fingerprint density at radius 1 is 1.21 bits per heavy atom. The number of anilines is 2. The summed E-state index contributed by atoms with van der Waals surface area (Å²) in [5.74, 6) is 0.858. The number of benzene rings is 2. The summed E-state index contributed by atoms with van der Waals surface area (Å²) in [6.07, 6.45) is 1.11. The fourth-order valence-electron chi connectivity index (χ4n) is 2.62. The maximum absolute atomic E-state index is 6.06. The Kier molecular flexibility index (Phi) is 3.03. The van der Waals surface area contributed by atoms with Crippen LogP contribution in [0, 0.1) is 0 Å². The molecule has 0 saturated heterocycles. The smallest absolute Gasteiger partial charge is 0.119 e. The number of hydrogen-bond donors (Lipinski definition) is 1. The van der Waals surface area contributed by atoms with Gasteiger partial charge in [-0.3, -0.25) is 0 Å². The topological polar surface area (TPSA) is 38.5 Å². The summed E-state index contributed by atoms with van der Waals surface area (Å²) in [4.78, 5) is 2.38. The van der Waals surface area contributed by atoms with Crippen LogP contribution in [0.2, 0.25) is 0 Å². The summed E-state index contributed by atoms with van der Waals surface area (Å²) in [5, 5.41) is 0. The zero-order valence-electron chi connectivity index (χ0n) is 11.1. The highest BCUT2D eigenvalue weighted by Crippen LogP contribution is 2.30. The number of hydrogen-bond acceptors (Lipinski definition) is 3. The molecule has 0 amide bonds. The van der Waals surface area contributed by atoms with Crippen molar-refractivity contribution in [3.63, 3.8) is 0 Å². The minimum absolute atomic E-state index is 0.824. The molecule has 0 bridgehead atoms. The number of para-hydroxylation sites is 1. The van der Waals surface area contributed by atoms with E-state index in [-0.39, 0.29) is 0 Å². The van der Waals surface area contributed by atoms with Gasteiger partial charge in [-0.25, -0.2) is 0 Å². The standard InChI is InChI=1S/C16H18N2O/c1-19-14-6-7-15(17)13(10-14)11-18-9-8-12-4-2-3-5-16(12)18/h2-7,10H,8-9,11,17H2,1H3. The molecule has 0 radical (unpaired) electrons. The third kappa shape index (κ3) is 2.24. The normalized spacial score (nSPS) is 13.4. The molecule has 1 heterocycles. The van der Waals surface area contributed by atoms with E-state index < -0.39 is 0 Å².